The fourth-order valence-corrected chi connectivity index (χ4v) is 7.03. The van der Waals surface area contributed by atoms with E-state index in [9.17, 15) is 5.48 Å². The Morgan fingerprint density at radius 1 is 0.283 bits per heavy atom. The minimum Gasteiger partial charge on any atom is -0.310 e. The highest BCUT2D eigenvalue weighted by atomic mass is 15.1. The Hall–Kier alpha value is -6.96. The van der Waals surface area contributed by atoms with Crippen LogP contribution in [0.25, 0.3) is 66.4 Å². The van der Waals surface area contributed by atoms with Gasteiger partial charge in [0.05, 0.1) is 5.48 Å². The molecule has 9 aromatic rings. The third-order valence-electron chi connectivity index (χ3n) is 9.75. The van der Waals surface area contributed by atoms with E-state index in [1.165, 1.54) is 0 Å². The first-order valence-electron chi connectivity index (χ1n) is 19.8. The molecule has 0 aliphatic rings. The molecule has 9 rings (SSSR count). The molecule has 0 bridgehead atoms. The van der Waals surface area contributed by atoms with Gasteiger partial charge in [0.1, 0.15) is 0 Å². The first-order chi connectivity index (χ1) is 27.9. The van der Waals surface area contributed by atoms with Crippen molar-refractivity contribution in [3.63, 3.8) is 0 Å². The largest absolute Gasteiger partial charge is 0.310 e. The third-order valence-corrected chi connectivity index (χ3v) is 9.75. The van der Waals surface area contributed by atoms with Crippen LogP contribution in [0.15, 0.2) is 224 Å². The van der Waals surface area contributed by atoms with Crippen LogP contribution in [0.3, 0.4) is 0 Å². The maximum atomic E-state index is 9.53. The second kappa shape index (κ2) is 14.3. The molecule has 9 aromatic carbocycles. The first-order valence-corrected chi connectivity index (χ1v) is 17.8. The zero-order valence-electron chi connectivity index (χ0n) is 33.0. The lowest BCUT2D eigenvalue weighted by Gasteiger charge is -2.26. The van der Waals surface area contributed by atoms with E-state index in [0.29, 0.717) is 11.3 Å². The molecule has 0 N–H and O–H groups in total. The lowest BCUT2D eigenvalue weighted by atomic mass is 9.97. The molecule has 250 valence electrons. The van der Waals surface area contributed by atoms with Gasteiger partial charge in [-0.05, 0) is 109 Å². The van der Waals surface area contributed by atoms with Crippen molar-refractivity contribution in [3.05, 3.63) is 224 Å². The van der Waals surface area contributed by atoms with Crippen LogP contribution in [0.5, 0.6) is 0 Å². The number of nitrogens with zero attached hydrogens (tertiary/aromatic N) is 1. The smallest absolute Gasteiger partial charge is 0.0645 e. The van der Waals surface area contributed by atoms with Gasteiger partial charge in [-0.3, -0.25) is 0 Å². The van der Waals surface area contributed by atoms with Gasteiger partial charge in [-0.1, -0.05) is 182 Å². The Morgan fingerprint density at radius 3 is 1.43 bits per heavy atom. The first kappa shape index (κ1) is 27.7. The zero-order chi connectivity index (χ0) is 38.9. The average molecular weight is 680 g/mol. The van der Waals surface area contributed by atoms with Crippen LogP contribution in [0.1, 0.15) is 5.48 Å². The van der Waals surface area contributed by atoms with Gasteiger partial charge in [0.15, 0.2) is 0 Å². The minimum atomic E-state index is -0.118. The molecule has 0 aliphatic heterocycles. The lowest BCUT2D eigenvalue weighted by molar-refractivity contribution is 1.28. The molecule has 0 fully saturated rings. The Kier molecular flexibility index (Phi) is 7.50. The highest BCUT2D eigenvalue weighted by Gasteiger charge is 2.15. The van der Waals surface area contributed by atoms with Crippen molar-refractivity contribution in [2.75, 3.05) is 4.90 Å². The van der Waals surface area contributed by atoms with Crippen LogP contribution in [0, 0.1) is 0 Å². The number of rotatable bonds is 8. The molecule has 1 nitrogen and oxygen atoms in total. The highest BCUT2D eigenvalue weighted by Crippen LogP contribution is 2.40. The maximum Gasteiger partial charge on any atom is 0.0645 e. The minimum absolute atomic E-state index is 0.0958. The summed E-state index contributed by atoms with van der Waals surface area (Å²) in [5.41, 5.74) is 10.9. The van der Waals surface area contributed by atoms with Gasteiger partial charge in [-0.25, -0.2) is 0 Å². The maximum absolute atomic E-state index is 9.53. The monoisotopic (exact) mass is 679 g/mol. The van der Waals surface area contributed by atoms with Crippen molar-refractivity contribution in [1.82, 2.24) is 0 Å². The molecule has 0 saturated carbocycles. The number of benzene rings is 9. The number of hydrogen-bond acceptors (Lipinski definition) is 1. The molecular formula is C52H37N. The Labute approximate surface area is 317 Å². The van der Waals surface area contributed by atoms with Crippen molar-refractivity contribution in [2.45, 2.75) is 0 Å². The van der Waals surface area contributed by atoms with E-state index < -0.39 is 0 Å². The number of hydrogen-bond donors (Lipinski definition) is 0. The van der Waals surface area contributed by atoms with Crippen LogP contribution < -0.4 is 4.90 Å². The summed E-state index contributed by atoms with van der Waals surface area (Å²) in [6.45, 7) is 0. The van der Waals surface area contributed by atoms with E-state index in [2.05, 4.69) is 78.9 Å². The molecule has 0 spiro atoms. The topological polar surface area (TPSA) is 3.24 Å². The standard InChI is InChI=1S/C52H37N/c1-3-12-38(13-4-1)40-24-26-41(27-25-40)42-28-32-48(33-29-42)53(50-21-10-20-47(37-50)52-23-11-17-44-16-7-8-22-51(44)52)49-34-30-43(31-35-49)46-19-9-18-45(36-46)39-14-5-2-6-15-39/h1-37H/i30D,31D,34D,35D. The number of fused-ring (bicyclic) bond motifs is 1. The fraction of sp³-hybridized carbons (Fsp3) is 0. The van der Waals surface area contributed by atoms with Crippen LogP contribution in [-0.4, -0.2) is 0 Å². The molecular weight excluding hydrogens is 639 g/mol. The van der Waals surface area contributed by atoms with Gasteiger partial charge >= 0.3 is 0 Å². The summed E-state index contributed by atoms with van der Waals surface area (Å²) in [5, 5.41) is 2.26. The van der Waals surface area contributed by atoms with Crippen molar-refractivity contribution in [1.29, 1.82) is 0 Å². The fourth-order valence-electron chi connectivity index (χ4n) is 7.03. The van der Waals surface area contributed by atoms with E-state index in [-0.39, 0.29) is 35.4 Å². The third kappa shape index (κ3) is 6.65. The predicted molar refractivity (Wildman–Crippen MR) is 226 cm³/mol. The van der Waals surface area contributed by atoms with Gasteiger partial charge in [0.25, 0.3) is 0 Å². The van der Waals surface area contributed by atoms with Crippen LogP contribution in [-0.2, 0) is 0 Å². The Balaban J connectivity index is 1.18. The normalized spacial score (nSPS) is 12.1. The van der Waals surface area contributed by atoms with E-state index in [1.807, 2.05) is 126 Å². The SMILES string of the molecule is [2H]c1c([2H])c(N(c2ccc(-c3ccc(-c4ccccc4)cc3)cc2)c2cccc(-c3cccc4ccccc34)c2)c([2H])c([2H])c1-c1cccc(-c2ccccc2)c1. The van der Waals surface area contributed by atoms with Gasteiger partial charge < -0.3 is 4.90 Å². The molecule has 0 unspecified atom stereocenters. The van der Waals surface area contributed by atoms with Gasteiger partial charge in [-0.2, -0.15) is 0 Å². The van der Waals surface area contributed by atoms with Crippen molar-refractivity contribution in [2.24, 2.45) is 0 Å². The van der Waals surface area contributed by atoms with E-state index in [1.54, 1.807) is 0 Å². The second-order valence-electron chi connectivity index (χ2n) is 13.1. The van der Waals surface area contributed by atoms with Crippen molar-refractivity contribution < 1.29 is 5.48 Å². The number of anilines is 3. The molecule has 0 atom stereocenters. The average Bonchev–Trinajstić information content (AvgIpc) is 3.28. The quantitative estimate of drug-likeness (QED) is 0.154. The van der Waals surface area contributed by atoms with E-state index in [4.69, 9.17) is 0 Å². The van der Waals surface area contributed by atoms with Crippen LogP contribution in [0.4, 0.5) is 17.1 Å². The molecule has 0 heterocycles. The molecule has 0 amide bonds. The molecule has 0 aliphatic carbocycles. The summed E-state index contributed by atoms with van der Waals surface area (Å²) < 4.78 is 37.8. The second-order valence-corrected chi connectivity index (χ2v) is 13.1. The summed E-state index contributed by atoms with van der Waals surface area (Å²) in [6.07, 6.45) is 0. The van der Waals surface area contributed by atoms with Crippen LogP contribution in [0.2, 0.25) is 0 Å². The predicted octanol–water partition coefficient (Wildman–Crippen LogP) is 14.6. The van der Waals surface area contributed by atoms with Gasteiger partial charge in [0.2, 0.25) is 0 Å². The van der Waals surface area contributed by atoms with Gasteiger partial charge in [0, 0.05) is 17.1 Å². The summed E-state index contributed by atoms with van der Waals surface area (Å²) >= 11 is 0. The summed E-state index contributed by atoms with van der Waals surface area (Å²) in [7, 11) is 0. The lowest BCUT2D eigenvalue weighted by Crippen LogP contribution is -2.10. The van der Waals surface area contributed by atoms with Crippen LogP contribution >= 0.6 is 0 Å². The molecule has 0 aromatic heterocycles. The van der Waals surface area contributed by atoms with Crippen molar-refractivity contribution in [3.8, 4) is 55.6 Å². The Morgan fingerprint density at radius 2 is 0.755 bits per heavy atom. The van der Waals surface area contributed by atoms with Crippen molar-refractivity contribution >= 4 is 27.8 Å². The Bertz CT molecular complexity index is 2840. The highest BCUT2D eigenvalue weighted by molar-refractivity contribution is 5.97. The summed E-state index contributed by atoms with van der Waals surface area (Å²) in [6, 6.07) is 66.8. The summed E-state index contributed by atoms with van der Waals surface area (Å²) in [4.78, 5) is 1.86. The molecule has 0 radical (unpaired) electrons. The molecule has 1 heteroatoms. The zero-order valence-corrected chi connectivity index (χ0v) is 29.0. The molecule has 0 saturated heterocycles. The molecule has 53 heavy (non-hydrogen) atoms. The van der Waals surface area contributed by atoms with E-state index in [0.717, 1.165) is 61.0 Å². The summed E-state index contributed by atoms with van der Waals surface area (Å²) in [5.74, 6) is 0. The van der Waals surface area contributed by atoms with Gasteiger partial charge in [-0.15, -0.1) is 0 Å². The van der Waals surface area contributed by atoms with E-state index >= 15 is 0 Å².